The Hall–Kier alpha value is -2.36. The Morgan fingerprint density at radius 1 is 0.533 bits per heavy atom. The van der Waals surface area contributed by atoms with Crippen molar-refractivity contribution in [2.75, 3.05) is 33.0 Å². The maximum absolute atomic E-state index is 12.6. The van der Waals surface area contributed by atoms with Crippen molar-refractivity contribution in [2.45, 2.75) is 193 Å². The van der Waals surface area contributed by atoms with Crippen LogP contribution in [0.15, 0.2) is 85.1 Å². The third-order valence-electron chi connectivity index (χ3n) is 9.56. The number of carbonyl (C=O) groups excluding carboxylic acids is 1. The molecule has 0 aromatic carbocycles. The largest absolute Gasteiger partial charge is 0.472 e. The molecule has 9 nitrogen and oxygen atoms in total. The Morgan fingerprint density at radius 2 is 0.950 bits per heavy atom. The molecule has 0 aromatic rings. The van der Waals surface area contributed by atoms with E-state index in [-0.39, 0.29) is 13.0 Å². The fraction of sp³-hybridized carbons (Fsp3) is 0.700. The van der Waals surface area contributed by atoms with Gasteiger partial charge in [0.2, 0.25) is 0 Å². The van der Waals surface area contributed by atoms with Crippen LogP contribution in [-0.4, -0.2) is 66.3 Å². The predicted octanol–water partition coefficient (Wildman–Crippen LogP) is 13.5. The summed E-state index contributed by atoms with van der Waals surface area (Å²) in [6.07, 6.45) is 56.9. The fourth-order valence-electron chi connectivity index (χ4n) is 6.00. The summed E-state index contributed by atoms with van der Waals surface area (Å²) >= 11 is 0. The van der Waals surface area contributed by atoms with Crippen molar-refractivity contribution in [3.8, 4) is 0 Å². The van der Waals surface area contributed by atoms with E-state index in [0.29, 0.717) is 13.0 Å². The number of ether oxygens (including phenoxy) is 2. The minimum atomic E-state index is -4.54. The topological polar surface area (TPSA) is 132 Å². The van der Waals surface area contributed by atoms with Crippen LogP contribution in [0.1, 0.15) is 181 Å². The molecule has 3 atom stereocenters. The Labute approximate surface area is 366 Å². The van der Waals surface area contributed by atoms with Gasteiger partial charge < -0.3 is 24.6 Å². The molecule has 0 radical (unpaired) electrons. The number of hydrogen-bond donors (Lipinski definition) is 3. The summed E-state index contributed by atoms with van der Waals surface area (Å²) in [5, 5.41) is 18.4. The van der Waals surface area contributed by atoms with E-state index >= 15 is 0 Å². The van der Waals surface area contributed by atoms with Gasteiger partial charge in [0.25, 0.3) is 0 Å². The summed E-state index contributed by atoms with van der Waals surface area (Å²) in [6.45, 7) is 3.33. The number of hydrogen-bond acceptors (Lipinski definition) is 8. The maximum atomic E-state index is 12.6. The number of phosphoric acid groups is 1. The Balaban J connectivity index is 4.25. The highest BCUT2D eigenvalue weighted by Gasteiger charge is 2.26. The first-order chi connectivity index (χ1) is 29.3. The maximum Gasteiger partial charge on any atom is 0.472 e. The number of aliphatic hydroxyl groups is 2. The van der Waals surface area contributed by atoms with Crippen LogP contribution in [0.3, 0.4) is 0 Å². The summed E-state index contributed by atoms with van der Waals surface area (Å²) in [5.41, 5.74) is 0. The first kappa shape index (κ1) is 57.6. The average Bonchev–Trinajstić information content (AvgIpc) is 3.24. The van der Waals surface area contributed by atoms with Crippen molar-refractivity contribution in [3.05, 3.63) is 85.1 Å². The molecule has 0 bridgehead atoms. The molecular weight excluding hydrogens is 776 g/mol. The Kier molecular flexibility index (Phi) is 44.3. The molecule has 60 heavy (non-hydrogen) atoms. The minimum Gasteiger partial charge on any atom is -0.457 e. The van der Waals surface area contributed by atoms with Crippen molar-refractivity contribution < 1.29 is 43.0 Å². The van der Waals surface area contributed by atoms with E-state index in [0.717, 1.165) is 70.6 Å². The summed E-state index contributed by atoms with van der Waals surface area (Å²) in [4.78, 5) is 22.6. The molecule has 0 heterocycles. The number of carbonyl (C=O) groups is 1. The second kappa shape index (κ2) is 46.2. The summed E-state index contributed by atoms with van der Waals surface area (Å²) < 4.78 is 33.4. The lowest BCUT2D eigenvalue weighted by Crippen LogP contribution is -2.29. The molecule has 10 heteroatoms. The molecule has 0 spiro atoms. The van der Waals surface area contributed by atoms with Crippen molar-refractivity contribution in [1.82, 2.24) is 0 Å². The second-order valence-electron chi connectivity index (χ2n) is 15.4. The molecule has 0 aliphatic carbocycles. The highest BCUT2D eigenvalue weighted by atomic mass is 31.2. The number of aliphatic hydroxyl groups excluding tert-OH is 2. The lowest BCUT2D eigenvalue weighted by atomic mass is 10.1. The van der Waals surface area contributed by atoms with Gasteiger partial charge in [-0.05, 0) is 89.9 Å². The van der Waals surface area contributed by atoms with E-state index in [1.807, 2.05) is 0 Å². The summed E-state index contributed by atoms with van der Waals surface area (Å²) in [6, 6.07) is 0. The molecule has 0 saturated heterocycles. The van der Waals surface area contributed by atoms with E-state index in [1.165, 1.54) is 83.5 Å². The van der Waals surface area contributed by atoms with Crippen LogP contribution in [-0.2, 0) is 27.9 Å². The highest BCUT2D eigenvalue weighted by molar-refractivity contribution is 7.47. The molecule has 0 fully saturated rings. The van der Waals surface area contributed by atoms with Crippen LogP contribution in [0.25, 0.3) is 0 Å². The fourth-order valence-corrected chi connectivity index (χ4v) is 6.79. The van der Waals surface area contributed by atoms with Crippen molar-refractivity contribution in [2.24, 2.45) is 0 Å². The van der Waals surface area contributed by atoms with E-state index < -0.39 is 45.8 Å². The monoisotopic (exact) mass is 863 g/mol. The van der Waals surface area contributed by atoms with Gasteiger partial charge in [-0.15, -0.1) is 0 Å². The summed E-state index contributed by atoms with van der Waals surface area (Å²) in [7, 11) is -4.54. The number of allylic oxidation sites excluding steroid dienone is 14. The van der Waals surface area contributed by atoms with Crippen molar-refractivity contribution in [1.29, 1.82) is 0 Å². The normalized spacial score (nSPS) is 14.7. The third kappa shape index (κ3) is 45.2. The van der Waals surface area contributed by atoms with Gasteiger partial charge in [0, 0.05) is 13.0 Å². The zero-order valence-corrected chi connectivity index (χ0v) is 38.8. The van der Waals surface area contributed by atoms with E-state index in [9.17, 15) is 19.4 Å². The van der Waals surface area contributed by atoms with Crippen LogP contribution < -0.4 is 0 Å². The minimum absolute atomic E-state index is 0.0248. The zero-order valence-electron chi connectivity index (χ0n) is 37.9. The number of rotatable bonds is 44. The molecule has 0 saturated carbocycles. The van der Waals surface area contributed by atoms with Gasteiger partial charge in [0.1, 0.15) is 12.2 Å². The number of unbranched alkanes of at least 4 members (excludes halogenated alkanes) is 16. The molecule has 3 N–H and O–H groups in total. The van der Waals surface area contributed by atoms with Gasteiger partial charge in [-0.1, -0.05) is 170 Å². The van der Waals surface area contributed by atoms with E-state index in [4.69, 9.17) is 23.6 Å². The smallest absolute Gasteiger partial charge is 0.457 e. The van der Waals surface area contributed by atoms with Gasteiger partial charge >= 0.3 is 13.8 Å². The lowest BCUT2D eigenvalue weighted by Gasteiger charge is -2.20. The quantitative estimate of drug-likeness (QED) is 0.0237. The van der Waals surface area contributed by atoms with Crippen LogP contribution in [0.5, 0.6) is 0 Å². The van der Waals surface area contributed by atoms with Crippen molar-refractivity contribution in [3.63, 3.8) is 0 Å². The SMILES string of the molecule is CC/C=C\C/C=C\C/C=C\C/C=C\C/C=C\C/C=C\CCCCC(=O)OC(COCCCCCCCCCC/C=C\CCCCCCCC)COP(=O)(O)OCC(O)CO. The third-order valence-corrected chi connectivity index (χ3v) is 10.5. The van der Waals surface area contributed by atoms with Crippen molar-refractivity contribution >= 4 is 13.8 Å². The predicted molar refractivity (Wildman–Crippen MR) is 251 cm³/mol. The molecule has 0 aromatic heterocycles. The van der Waals surface area contributed by atoms with Gasteiger partial charge in [-0.3, -0.25) is 13.8 Å². The zero-order chi connectivity index (χ0) is 43.9. The molecule has 346 valence electrons. The van der Waals surface area contributed by atoms with Gasteiger partial charge in [0.15, 0.2) is 0 Å². The van der Waals surface area contributed by atoms with Crippen LogP contribution in [0.2, 0.25) is 0 Å². The molecular formula is C50H87O9P. The first-order valence-corrected chi connectivity index (χ1v) is 25.1. The lowest BCUT2D eigenvalue weighted by molar-refractivity contribution is -0.154. The van der Waals surface area contributed by atoms with Gasteiger partial charge in [0.05, 0.1) is 26.4 Å². The van der Waals surface area contributed by atoms with Gasteiger partial charge in [-0.2, -0.15) is 0 Å². The molecule has 0 rings (SSSR count). The average molecular weight is 863 g/mol. The number of phosphoric ester groups is 1. The summed E-state index contributed by atoms with van der Waals surface area (Å²) in [5.74, 6) is -0.427. The van der Waals surface area contributed by atoms with Gasteiger partial charge in [-0.25, -0.2) is 4.57 Å². The second-order valence-corrected chi connectivity index (χ2v) is 16.8. The first-order valence-electron chi connectivity index (χ1n) is 23.6. The Morgan fingerprint density at radius 3 is 1.45 bits per heavy atom. The van der Waals surface area contributed by atoms with Crippen LogP contribution in [0, 0.1) is 0 Å². The van der Waals surface area contributed by atoms with E-state index in [2.05, 4.69) is 98.9 Å². The molecule has 0 amide bonds. The highest BCUT2D eigenvalue weighted by Crippen LogP contribution is 2.43. The molecule has 3 unspecified atom stereocenters. The van der Waals surface area contributed by atoms with Crippen LogP contribution >= 0.6 is 7.82 Å². The standard InChI is InChI=1S/C50H87O9P/c1-3-5-7-9-11-13-15-17-19-21-23-24-25-26-28-30-32-34-36-38-40-42-50(53)59-49(47-58-60(54,55)57-45-48(52)44-51)46-56-43-41-39-37-35-33-31-29-27-22-20-18-16-14-12-10-8-6-4-2/h5,7,11,13,17-20,23-24,26,28,32,34,48-49,51-52H,3-4,6,8-10,12,14-16,21-22,25,27,29-31,33,35-47H2,1-2H3,(H,54,55)/b7-5-,13-11-,19-17-,20-18-,24-23-,28-26-,34-32-. The Bertz CT molecular complexity index is 1210. The molecule has 0 aliphatic rings. The van der Waals surface area contributed by atoms with E-state index in [1.54, 1.807) is 0 Å². The van der Waals surface area contributed by atoms with Crippen LogP contribution in [0.4, 0.5) is 0 Å². The molecule has 0 aliphatic heterocycles. The number of esters is 1.